The molecule has 25 heavy (non-hydrogen) atoms. The highest BCUT2D eigenvalue weighted by Crippen LogP contribution is 2.19. The number of rotatable bonds is 6. The van der Waals surface area contributed by atoms with Crippen LogP contribution in [0.3, 0.4) is 0 Å². The predicted octanol–water partition coefficient (Wildman–Crippen LogP) is 1.73. The summed E-state index contributed by atoms with van der Waals surface area (Å²) >= 11 is 0. The third-order valence-corrected chi connectivity index (χ3v) is 3.09. The van der Waals surface area contributed by atoms with Crippen molar-refractivity contribution >= 4 is 11.9 Å². The molecule has 9 heteroatoms. The lowest BCUT2D eigenvalue weighted by atomic mass is 10.2. The monoisotopic (exact) mass is 342 g/mol. The van der Waals surface area contributed by atoms with E-state index >= 15 is 0 Å². The van der Waals surface area contributed by atoms with Crippen LogP contribution in [0.25, 0.3) is 11.5 Å². The number of hydrogen-bond acceptors (Lipinski definition) is 7. The molecule has 0 fully saturated rings. The van der Waals surface area contributed by atoms with E-state index in [9.17, 15) is 9.59 Å². The summed E-state index contributed by atoms with van der Waals surface area (Å²) in [5.41, 5.74) is 0.728. The van der Waals surface area contributed by atoms with Crippen molar-refractivity contribution in [1.29, 1.82) is 0 Å². The Bertz CT molecular complexity index is 813. The number of imide groups is 1. The first kappa shape index (κ1) is 16.2. The van der Waals surface area contributed by atoms with Crippen molar-refractivity contribution in [2.45, 2.75) is 6.54 Å². The molecular formula is C16H14N4O5. The molecule has 1 aromatic carbocycles. The Morgan fingerprint density at radius 2 is 1.96 bits per heavy atom. The fraction of sp³-hybridized carbons (Fsp3) is 0.125. The Kier molecular flexibility index (Phi) is 5.05. The smallest absolute Gasteiger partial charge is 0.321 e. The summed E-state index contributed by atoms with van der Waals surface area (Å²) in [7, 11) is 0. The minimum atomic E-state index is -0.628. The van der Waals surface area contributed by atoms with Gasteiger partial charge in [0.15, 0.2) is 6.61 Å². The van der Waals surface area contributed by atoms with E-state index in [0.29, 0.717) is 17.4 Å². The molecular weight excluding hydrogens is 328 g/mol. The number of hydrogen-bond donors (Lipinski definition) is 2. The minimum Gasteiger partial charge on any atom is -0.484 e. The van der Waals surface area contributed by atoms with E-state index in [1.807, 2.05) is 0 Å². The SMILES string of the molecule is O=C(COc1ccc(-c2nnco2)cc1)NC(=O)NCc1ccco1. The van der Waals surface area contributed by atoms with Gasteiger partial charge in [0.2, 0.25) is 12.3 Å². The van der Waals surface area contributed by atoms with E-state index < -0.39 is 11.9 Å². The van der Waals surface area contributed by atoms with E-state index in [-0.39, 0.29) is 13.2 Å². The Labute approximate surface area is 142 Å². The van der Waals surface area contributed by atoms with Gasteiger partial charge in [-0.15, -0.1) is 10.2 Å². The van der Waals surface area contributed by atoms with Crippen molar-refractivity contribution in [1.82, 2.24) is 20.8 Å². The van der Waals surface area contributed by atoms with Crippen molar-refractivity contribution in [2.75, 3.05) is 6.61 Å². The van der Waals surface area contributed by atoms with E-state index in [1.54, 1.807) is 36.4 Å². The second-order valence-electron chi connectivity index (χ2n) is 4.87. The summed E-state index contributed by atoms with van der Waals surface area (Å²) < 4.78 is 15.5. The minimum absolute atomic E-state index is 0.185. The van der Waals surface area contributed by atoms with Gasteiger partial charge < -0.3 is 18.9 Å². The van der Waals surface area contributed by atoms with E-state index in [4.69, 9.17) is 13.6 Å². The maximum Gasteiger partial charge on any atom is 0.321 e. The number of carbonyl (C=O) groups excluding carboxylic acids is 2. The second-order valence-corrected chi connectivity index (χ2v) is 4.87. The van der Waals surface area contributed by atoms with Gasteiger partial charge in [-0.2, -0.15) is 0 Å². The molecule has 2 heterocycles. The van der Waals surface area contributed by atoms with Crippen LogP contribution in [-0.4, -0.2) is 28.7 Å². The number of urea groups is 1. The zero-order valence-corrected chi connectivity index (χ0v) is 13.0. The number of furan rings is 1. The van der Waals surface area contributed by atoms with Gasteiger partial charge in [0, 0.05) is 5.56 Å². The highest BCUT2D eigenvalue weighted by Gasteiger charge is 2.09. The molecule has 2 aromatic heterocycles. The number of aromatic nitrogens is 2. The Morgan fingerprint density at radius 1 is 1.12 bits per heavy atom. The third-order valence-electron chi connectivity index (χ3n) is 3.09. The van der Waals surface area contributed by atoms with Gasteiger partial charge >= 0.3 is 6.03 Å². The number of carbonyl (C=O) groups is 2. The Morgan fingerprint density at radius 3 is 2.64 bits per heavy atom. The molecule has 0 unspecified atom stereocenters. The van der Waals surface area contributed by atoms with Gasteiger partial charge in [0.25, 0.3) is 5.91 Å². The molecule has 0 aliphatic rings. The molecule has 3 rings (SSSR count). The maximum atomic E-state index is 11.7. The predicted molar refractivity (Wildman–Crippen MR) is 84.3 cm³/mol. The number of amides is 3. The molecule has 2 N–H and O–H groups in total. The van der Waals surface area contributed by atoms with Crippen LogP contribution in [0.1, 0.15) is 5.76 Å². The molecule has 0 radical (unpaired) electrons. The van der Waals surface area contributed by atoms with Crippen LogP contribution in [-0.2, 0) is 11.3 Å². The maximum absolute atomic E-state index is 11.7. The molecule has 0 saturated heterocycles. The first-order valence-electron chi connectivity index (χ1n) is 7.30. The molecule has 0 atom stereocenters. The van der Waals surface area contributed by atoms with Crippen LogP contribution in [0.15, 0.2) is 57.9 Å². The molecule has 0 aliphatic heterocycles. The highest BCUT2D eigenvalue weighted by atomic mass is 16.5. The molecule has 128 valence electrons. The van der Waals surface area contributed by atoms with Crippen LogP contribution < -0.4 is 15.4 Å². The lowest BCUT2D eigenvalue weighted by Gasteiger charge is -2.07. The van der Waals surface area contributed by atoms with E-state index in [1.165, 1.54) is 12.7 Å². The average Bonchev–Trinajstić information content (AvgIpc) is 3.32. The van der Waals surface area contributed by atoms with Crippen LogP contribution in [0, 0.1) is 0 Å². The van der Waals surface area contributed by atoms with Gasteiger partial charge in [-0.1, -0.05) is 0 Å². The second kappa shape index (κ2) is 7.77. The molecule has 3 amide bonds. The summed E-state index contributed by atoms with van der Waals surface area (Å²) in [6.07, 6.45) is 2.73. The molecule has 0 spiro atoms. The molecule has 0 bridgehead atoms. The van der Waals surface area contributed by atoms with Crippen LogP contribution in [0.5, 0.6) is 5.75 Å². The van der Waals surface area contributed by atoms with Crippen molar-refractivity contribution in [2.24, 2.45) is 0 Å². The summed E-state index contributed by atoms with van der Waals surface area (Å²) in [4.78, 5) is 23.3. The van der Waals surface area contributed by atoms with Crippen LogP contribution in [0.2, 0.25) is 0 Å². The standard InChI is InChI=1S/C16H14N4O5/c21-14(19-16(22)17-8-13-2-1-7-23-13)9-24-12-5-3-11(4-6-12)15-20-18-10-25-15/h1-7,10H,8-9H2,(H2,17,19,21,22). The third kappa shape index (κ3) is 4.67. The summed E-state index contributed by atoms with van der Waals surface area (Å²) in [6, 6.07) is 9.54. The molecule has 9 nitrogen and oxygen atoms in total. The molecule has 0 aliphatic carbocycles. The molecule has 0 saturated carbocycles. The largest absolute Gasteiger partial charge is 0.484 e. The highest BCUT2D eigenvalue weighted by molar-refractivity contribution is 5.94. The number of ether oxygens (including phenoxy) is 1. The zero-order valence-electron chi connectivity index (χ0n) is 13.0. The summed E-state index contributed by atoms with van der Waals surface area (Å²) in [5.74, 6) is 0.866. The number of nitrogens with zero attached hydrogens (tertiary/aromatic N) is 2. The van der Waals surface area contributed by atoms with Gasteiger partial charge in [0.1, 0.15) is 11.5 Å². The quantitative estimate of drug-likeness (QED) is 0.700. The normalized spacial score (nSPS) is 10.2. The van der Waals surface area contributed by atoms with Crippen LogP contribution in [0.4, 0.5) is 4.79 Å². The number of benzene rings is 1. The average molecular weight is 342 g/mol. The summed E-state index contributed by atoms with van der Waals surface area (Å²) in [5, 5.41) is 12.0. The Balaban J connectivity index is 1.41. The Hall–Kier alpha value is -3.62. The zero-order chi connectivity index (χ0) is 17.5. The van der Waals surface area contributed by atoms with Gasteiger partial charge in [-0.25, -0.2) is 4.79 Å². The van der Waals surface area contributed by atoms with Crippen molar-refractivity contribution in [3.05, 3.63) is 54.8 Å². The van der Waals surface area contributed by atoms with Crippen molar-refractivity contribution in [3.8, 4) is 17.2 Å². The van der Waals surface area contributed by atoms with Crippen LogP contribution >= 0.6 is 0 Å². The first-order valence-corrected chi connectivity index (χ1v) is 7.30. The van der Waals surface area contributed by atoms with E-state index in [2.05, 4.69) is 20.8 Å². The fourth-order valence-electron chi connectivity index (χ4n) is 1.93. The lowest BCUT2D eigenvalue weighted by molar-refractivity contribution is -0.122. The fourth-order valence-corrected chi connectivity index (χ4v) is 1.93. The van der Waals surface area contributed by atoms with Gasteiger partial charge in [-0.05, 0) is 36.4 Å². The van der Waals surface area contributed by atoms with Gasteiger partial charge in [-0.3, -0.25) is 10.1 Å². The van der Waals surface area contributed by atoms with E-state index in [0.717, 1.165) is 5.56 Å². The molecule has 3 aromatic rings. The van der Waals surface area contributed by atoms with Crippen molar-refractivity contribution in [3.63, 3.8) is 0 Å². The number of nitrogens with one attached hydrogen (secondary N) is 2. The lowest BCUT2D eigenvalue weighted by Crippen LogP contribution is -2.41. The summed E-state index contributed by atoms with van der Waals surface area (Å²) in [6.45, 7) is -0.113. The van der Waals surface area contributed by atoms with Gasteiger partial charge in [0.05, 0.1) is 12.8 Å². The van der Waals surface area contributed by atoms with Crippen molar-refractivity contribution < 1.29 is 23.2 Å². The first-order chi connectivity index (χ1) is 12.2. The topological polar surface area (TPSA) is 119 Å².